The number of carboxylic acid groups (broad SMARTS) is 1. The summed E-state index contributed by atoms with van der Waals surface area (Å²) in [4.78, 5) is 33.3. The number of aliphatic carboxylic acids is 1. The highest BCUT2D eigenvalue weighted by Crippen LogP contribution is 1.89. The number of hydrogen-bond acceptors (Lipinski definition) is 6. The average Bonchev–Trinajstić information content (AvgIpc) is 2.75. The molecule has 0 unspecified atom stereocenters. The van der Waals surface area contributed by atoms with E-state index in [0.717, 1.165) is 26.0 Å². The highest BCUT2D eigenvalue weighted by Gasteiger charge is 1.96. The fourth-order valence-corrected chi connectivity index (χ4v) is 0.864. The summed E-state index contributed by atoms with van der Waals surface area (Å²) in [5.41, 5.74) is 0. The SMILES string of the molecule is CC(=O)NCCOC(C)=O.CC(=O)O.CC1=NCCO1. The highest BCUT2D eigenvalue weighted by molar-refractivity contribution is 5.74. The van der Waals surface area contributed by atoms with Gasteiger partial charge in [-0.2, -0.15) is 0 Å². The maximum Gasteiger partial charge on any atom is 0.302 e. The quantitative estimate of drug-likeness (QED) is 0.567. The fraction of sp³-hybridized carbons (Fsp3) is 0.667. The zero-order valence-electron chi connectivity index (χ0n) is 12.3. The Morgan fingerprint density at radius 2 is 1.90 bits per heavy atom. The number of aliphatic imine (C=N–C) groups is 1. The van der Waals surface area contributed by atoms with Crippen LogP contribution in [0.25, 0.3) is 0 Å². The molecule has 20 heavy (non-hydrogen) atoms. The first-order valence-corrected chi connectivity index (χ1v) is 5.96. The minimum absolute atomic E-state index is 0.118. The van der Waals surface area contributed by atoms with Crippen molar-refractivity contribution in [3.05, 3.63) is 0 Å². The molecule has 0 atom stereocenters. The van der Waals surface area contributed by atoms with Crippen molar-refractivity contribution in [2.45, 2.75) is 27.7 Å². The molecule has 8 heteroatoms. The van der Waals surface area contributed by atoms with E-state index in [1.165, 1.54) is 13.8 Å². The van der Waals surface area contributed by atoms with Crippen LogP contribution in [-0.4, -0.2) is 55.2 Å². The van der Waals surface area contributed by atoms with Crippen LogP contribution >= 0.6 is 0 Å². The van der Waals surface area contributed by atoms with Crippen LogP contribution in [0.1, 0.15) is 27.7 Å². The van der Waals surface area contributed by atoms with E-state index < -0.39 is 5.97 Å². The van der Waals surface area contributed by atoms with E-state index in [-0.39, 0.29) is 18.5 Å². The molecule has 0 aromatic rings. The standard InChI is InChI=1S/C6H11NO3.C4H7NO.C2H4O2/c1-5(8)7-3-4-10-6(2)9;1-4-5-2-3-6-4;1-2(3)4/h3-4H2,1-2H3,(H,7,8);2-3H2,1H3;1H3,(H,3,4). The van der Waals surface area contributed by atoms with Gasteiger partial charge in [0.1, 0.15) is 13.2 Å². The van der Waals surface area contributed by atoms with Crippen molar-refractivity contribution in [2.75, 3.05) is 26.3 Å². The van der Waals surface area contributed by atoms with Crippen LogP contribution in [0, 0.1) is 0 Å². The molecule has 0 fully saturated rings. The molecule has 1 rings (SSSR count). The van der Waals surface area contributed by atoms with Crippen molar-refractivity contribution >= 4 is 23.7 Å². The minimum atomic E-state index is -0.833. The monoisotopic (exact) mass is 290 g/mol. The van der Waals surface area contributed by atoms with Crippen molar-refractivity contribution in [3.63, 3.8) is 0 Å². The largest absolute Gasteiger partial charge is 0.481 e. The Morgan fingerprint density at radius 3 is 2.15 bits per heavy atom. The van der Waals surface area contributed by atoms with E-state index in [4.69, 9.17) is 14.6 Å². The predicted molar refractivity (Wildman–Crippen MR) is 72.6 cm³/mol. The number of nitrogens with zero attached hydrogens (tertiary/aromatic N) is 1. The third-order valence-corrected chi connectivity index (χ3v) is 1.52. The Kier molecular flexibility index (Phi) is 13.4. The van der Waals surface area contributed by atoms with Crippen LogP contribution in [0.5, 0.6) is 0 Å². The Morgan fingerprint density at radius 1 is 1.35 bits per heavy atom. The second-order valence-electron chi connectivity index (χ2n) is 3.59. The van der Waals surface area contributed by atoms with Crippen molar-refractivity contribution in [1.82, 2.24) is 5.32 Å². The number of esters is 1. The van der Waals surface area contributed by atoms with Crippen LogP contribution < -0.4 is 5.32 Å². The predicted octanol–water partition coefficient (Wildman–Crippen LogP) is 0.212. The van der Waals surface area contributed by atoms with E-state index in [9.17, 15) is 9.59 Å². The number of rotatable bonds is 3. The third kappa shape index (κ3) is 24.9. The maximum absolute atomic E-state index is 10.2. The number of carbonyl (C=O) groups is 3. The van der Waals surface area contributed by atoms with Gasteiger partial charge in [0.25, 0.3) is 5.97 Å². The van der Waals surface area contributed by atoms with Crippen molar-refractivity contribution < 1.29 is 29.0 Å². The molecule has 0 bridgehead atoms. The summed E-state index contributed by atoms with van der Waals surface area (Å²) in [6, 6.07) is 0. The molecule has 0 aromatic heterocycles. The molecule has 2 N–H and O–H groups in total. The highest BCUT2D eigenvalue weighted by atomic mass is 16.5. The van der Waals surface area contributed by atoms with Gasteiger partial charge in [-0.3, -0.25) is 19.4 Å². The average molecular weight is 290 g/mol. The van der Waals surface area contributed by atoms with Crippen molar-refractivity contribution in [1.29, 1.82) is 0 Å². The minimum Gasteiger partial charge on any atom is -0.481 e. The van der Waals surface area contributed by atoms with Crippen molar-refractivity contribution in [3.8, 4) is 0 Å². The van der Waals surface area contributed by atoms with Crippen LogP contribution in [0.15, 0.2) is 4.99 Å². The lowest BCUT2D eigenvalue weighted by molar-refractivity contribution is -0.141. The molecule has 116 valence electrons. The number of hydrogen-bond donors (Lipinski definition) is 2. The molecule has 0 radical (unpaired) electrons. The summed E-state index contributed by atoms with van der Waals surface area (Å²) in [7, 11) is 0. The number of carboxylic acids is 1. The molecule has 0 saturated heterocycles. The Hall–Kier alpha value is -2.12. The van der Waals surface area contributed by atoms with E-state index in [1.54, 1.807) is 0 Å². The summed E-state index contributed by atoms with van der Waals surface area (Å²) < 4.78 is 9.44. The second-order valence-corrected chi connectivity index (χ2v) is 3.59. The maximum atomic E-state index is 10.2. The Labute approximate surface area is 118 Å². The first-order chi connectivity index (χ1) is 9.25. The molecule has 1 aliphatic rings. The molecule has 1 heterocycles. The first kappa shape index (κ1) is 20.2. The van der Waals surface area contributed by atoms with Crippen molar-refractivity contribution in [2.24, 2.45) is 4.99 Å². The van der Waals surface area contributed by atoms with Gasteiger partial charge in [-0.1, -0.05) is 0 Å². The first-order valence-electron chi connectivity index (χ1n) is 5.96. The molecule has 0 aliphatic carbocycles. The summed E-state index contributed by atoms with van der Waals surface area (Å²) >= 11 is 0. The molecule has 0 saturated carbocycles. The van der Waals surface area contributed by atoms with E-state index in [2.05, 4.69) is 15.0 Å². The Balaban J connectivity index is 0. The Bertz CT molecular complexity index is 321. The van der Waals surface area contributed by atoms with Crippen LogP contribution in [0.4, 0.5) is 0 Å². The molecular weight excluding hydrogens is 268 g/mol. The number of amides is 1. The topological polar surface area (TPSA) is 114 Å². The molecular formula is C12H22N2O6. The van der Waals surface area contributed by atoms with E-state index in [0.29, 0.717) is 6.54 Å². The van der Waals surface area contributed by atoms with Gasteiger partial charge >= 0.3 is 5.97 Å². The van der Waals surface area contributed by atoms with Gasteiger partial charge in [-0.25, -0.2) is 0 Å². The number of nitrogens with one attached hydrogen (secondary N) is 1. The zero-order chi connectivity index (χ0) is 16.0. The third-order valence-electron chi connectivity index (χ3n) is 1.52. The lowest BCUT2D eigenvalue weighted by atomic mass is 10.6. The second kappa shape index (κ2) is 13.3. The van der Waals surface area contributed by atoms with Gasteiger partial charge in [0.15, 0.2) is 5.90 Å². The fourth-order valence-electron chi connectivity index (χ4n) is 0.864. The molecule has 1 amide bonds. The van der Waals surface area contributed by atoms with Gasteiger partial charge in [0.05, 0.1) is 13.1 Å². The molecule has 0 aromatic carbocycles. The summed E-state index contributed by atoms with van der Waals surface area (Å²) in [5.74, 6) is -0.451. The van der Waals surface area contributed by atoms with Gasteiger partial charge in [-0.05, 0) is 0 Å². The van der Waals surface area contributed by atoms with E-state index >= 15 is 0 Å². The summed E-state index contributed by atoms with van der Waals surface area (Å²) in [6.07, 6.45) is 0. The summed E-state index contributed by atoms with van der Waals surface area (Å²) in [6.45, 7) is 7.95. The van der Waals surface area contributed by atoms with Gasteiger partial charge in [0.2, 0.25) is 5.91 Å². The molecule has 1 aliphatic heterocycles. The smallest absolute Gasteiger partial charge is 0.302 e. The van der Waals surface area contributed by atoms with E-state index in [1.807, 2.05) is 6.92 Å². The lowest BCUT2D eigenvalue weighted by Crippen LogP contribution is -2.24. The lowest BCUT2D eigenvalue weighted by Gasteiger charge is -2.00. The normalized spacial score (nSPS) is 11.5. The summed E-state index contributed by atoms with van der Waals surface area (Å²) in [5, 5.41) is 9.90. The van der Waals surface area contributed by atoms with Crippen LogP contribution in [0.2, 0.25) is 0 Å². The van der Waals surface area contributed by atoms with Crippen LogP contribution in [-0.2, 0) is 23.9 Å². The van der Waals surface area contributed by atoms with Gasteiger partial charge < -0.3 is 19.9 Å². The number of carbonyl (C=O) groups excluding carboxylic acids is 2. The number of ether oxygens (including phenoxy) is 2. The van der Waals surface area contributed by atoms with Crippen LogP contribution in [0.3, 0.4) is 0 Å². The zero-order valence-corrected chi connectivity index (χ0v) is 12.3. The molecule has 8 nitrogen and oxygen atoms in total. The van der Waals surface area contributed by atoms with Gasteiger partial charge in [0, 0.05) is 27.7 Å². The molecule has 0 spiro atoms. The van der Waals surface area contributed by atoms with Gasteiger partial charge in [-0.15, -0.1) is 0 Å².